The lowest BCUT2D eigenvalue weighted by Gasteiger charge is -2.25. The van der Waals surface area contributed by atoms with Crippen LogP contribution in [0.15, 0.2) is 22.7 Å². The van der Waals surface area contributed by atoms with Gasteiger partial charge in [-0.15, -0.1) is 0 Å². The number of nitrogens with one attached hydrogen (secondary N) is 1. The number of rotatable bonds is 3. The topological polar surface area (TPSA) is 75.4 Å². The van der Waals surface area contributed by atoms with Crippen LogP contribution < -0.4 is 11.1 Å². The van der Waals surface area contributed by atoms with Crippen molar-refractivity contribution in [1.29, 1.82) is 0 Å². The molecule has 0 unspecified atom stereocenters. The van der Waals surface area contributed by atoms with Gasteiger partial charge in [-0.1, -0.05) is 15.9 Å². The number of hydrogen-bond acceptors (Lipinski definition) is 3. The summed E-state index contributed by atoms with van der Waals surface area (Å²) in [5.41, 5.74) is 6.82. The van der Waals surface area contributed by atoms with Crippen LogP contribution in [0.2, 0.25) is 0 Å². The van der Waals surface area contributed by atoms with Crippen molar-refractivity contribution in [1.82, 2.24) is 5.32 Å². The van der Waals surface area contributed by atoms with Crippen LogP contribution in [0.4, 0.5) is 5.69 Å². The van der Waals surface area contributed by atoms with Gasteiger partial charge in [0.25, 0.3) is 5.91 Å². The highest BCUT2D eigenvalue weighted by Gasteiger charge is 2.20. The van der Waals surface area contributed by atoms with Gasteiger partial charge < -0.3 is 16.2 Å². The second-order valence-electron chi connectivity index (χ2n) is 5.12. The number of nitrogen functional groups attached to an aromatic ring is 1. The summed E-state index contributed by atoms with van der Waals surface area (Å²) >= 11 is 3.32. The Hall–Kier alpha value is -1.07. The number of halogens is 1. The van der Waals surface area contributed by atoms with E-state index in [1.54, 1.807) is 12.1 Å². The number of benzene rings is 1. The number of nitrogens with two attached hydrogens (primary N) is 1. The molecule has 2 rings (SSSR count). The molecule has 1 aromatic rings. The molecule has 0 atom stereocenters. The molecule has 19 heavy (non-hydrogen) atoms. The first kappa shape index (κ1) is 14.3. The van der Waals surface area contributed by atoms with Crippen molar-refractivity contribution in [2.75, 3.05) is 12.3 Å². The first-order valence-corrected chi connectivity index (χ1v) is 7.37. The molecule has 5 heteroatoms. The summed E-state index contributed by atoms with van der Waals surface area (Å²) in [6, 6.07) is 5.26. The van der Waals surface area contributed by atoms with E-state index in [1.165, 1.54) is 0 Å². The minimum absolute atomic E-state index is 0.129. The van der Waals surface area contributed by atoms with Crippen LogP contribution in [-0.4, -0.2) is 23.7 Å². The summed E-state index contributed by atoms with van der Waals surface area (Å²) in [4.78, 5) is 12.0. The van der Waals surface area contributed by atoms with Crippen LogP contribution in [0.1, 0.15) is 36.0 Å². The zero-order valence-corrected chi connectivity index (χ0v) is 12.3. The van der Waals surface area contributed by atoms with Gasteiger partial charge in [-0.05, 0) is 49.8 Å². The molecular formula is C14H19BrN2O2. The lowest BCUT2D eigenvalue weighted by atomic mass is 9.87. The summed E-state index contributed by atoms with van der Waals surface area (Å²) < 4.78 is 0.864. The quantitative estimate of drug-likeness (QED) is 0.746. The second kappa shape index (κ2) is 6.39. The Kier molecular flexibility index (Phi) is 4.82. The van der Waals surface area contributed by atoms with Gasteiger partial charge in [0.15, 0.2) is 0 Å². The average Bonchev–Trinajstić information content (AvgIpc) is 2.37. The van der Waals surface area contributed by atoms with Gasteiger partial charge in [0.05, 0.1) is 11.7 Å². The smallest absolute Gasteiger partial charge is 0.253 e. The van der Waals surface area contributed by atoms with E-state index in [2.05, 4.69) is 21.2 Å². The van der Waals surface area contributed by atoms with Crippen LogP contribution in [-0.2, 0) is 0 Å². The van der Waals surface area contributed by atoms with E-state index in [1.807, 2.05) is 6.07 Å². The van der Waals surface area contributed by atoms with Crippen molar-refractivity contribution in [3.63, 3.8) is 0 Å². The first-order chi connectivity index (χ1) is 9.06. The normalized spacial score (nSPS) is 23.1. The molecule has 1 fully saturated rings. The fourth-order valence-electron chi connectivity index (χ4n) is 2.42. The molecule has 0 heterocycles. The number of aliphatic hydroxyl groups is 1. The molecule has 0 saturated heterocycles. The third-order valence-corrected chi connectivity index (χ3v) is 4.12. The standard InChI is InChI=1S/C14H19BrN2O2/c15-10-3-6-12(13(16)7-10)14(19)17-8-9-1-4-11(18)5-2-9/h3,6-7,9,11,18H,1-2,4-5,8,16H2,(H,17,19). The number of hydrogen-bond donors (Lipinski definition) is 3. The highest BCUT2D eigenvalue weighted by Crippen LogP contribution is 2.24. The molecule has 4 nitrogen and oxygen atoms in total. The molecule has 0 radical (unpaired) electrons. The van der Waals surface area contributed by atoms with E-state index in [0.29, 0.717) is 23.7 Å². The monoisotopic (exact) mass is 326 g/mol. The van der Waals surface area contributed by atoms with Crippen molar-refractivity contribution < 1.29 is 9.90 Å². The van der Waals surface area contributed by atoms with Gasteiger partial charge in [-0.25, -0.2) is 0 Å². The summed E-state index contributed by atoms with van der Waals surface area (Å²) in [5, 5.41) is 12.4. The van der Waals surface area contributed by atoms with Crippen LogP contribution >= 0.6 is 15.9 Å². The minimum atomic E-state index is -0.158. The fraction of sp³-hybridized carbons (Fsp3) is 0.500. The molecule has 1 amide bonds. The molecule has 1 aliphatic rings. The largest absolute Gasteiger partial charge is 0.398 e. The van der Waals surface area contributed by atoms with Crippen molar-refractivity contribution in [2.45, 2.75) is 31.8 Å². The maximum atomic E-state index is 12.0. The molecule has 104 valence electrons. The number of aliphatic hydroxyl groups excluding tert-OH is 1. The van der Waals surface area contributed by atoms with Crippen molar-refractivity contribution >= 4 is 27.5 Å². The van der Waals surface area contributed by atoms with E-state index in [0.717, 1.165) is 30.2 Å². The Morgan fingerprint density at radius 2 is 2.05 bits per heavy atom. The van der Waals surface area contributed by atoms with Crippen LogP contribution in [0.3, 0.4) is 0 Å². The SMILES string of the molecule is Nc1cc(Br)ccc1C(=O)NCC1CCC(O)CC1. The number of carbonyl (C=O) groups excluding carboxylic acids is 1. The highest BCUT2D eigenvalue weighted by molar-refractivity contribution is 9.10. The Morgan fingerprint density at radius 1 is 1.37 bits per heavy atom. The van der Waals surface area contributed by atoms with E-state index in [4.69, 9.17) is 5.73 Å². The Balaban J connectivity index is 1.87. The molecule has 1 aliphatic carbocycles. The third kappa shape index (κ3) is 3.94. The second-order valence-corrected chi connectivity index (χ2v) is 6.03. The Bertz CT molecular complexity index is 457. The zero-order chi connectivity index (χ0) is 13.8. The predicted molar refractivity (Wildman–Crippen MR) is 78.9 cm³/mol. The Morgan fingerprint density at radius 3 is 2.68 bits per heavy atom. The van der Waals surface area contributed by atoms with Crippen LogP contribution in [0.25, 0.3) is 0 Å². The number of amides is 1. The first-order valence-electron chi connectivity index (χ1n) is 6.57. The van der Waals surface area contributed by atoms with Gasteiger partial charge in [-0.2, -0.15) is 0 Å². The summed E-state index contributed by atoms with van der Waals surface area (Å²) in [6.07, 6.45) is 3.45. The Labute approximate surface area is 121 Å². The van der Waals surface area contributed by atoms with Gasteiger partial charge in [-0.3, -0.25) is 4.79 Å². The average molecular weight is 327 g/mol. The minimum Gasteiger partial charge on any atom is -0.398 e. The van der Waals surface area contributed by atoms with E-state index >= 15 is 0 Å². The summed E-state index contributed by atoms with van der Waals surface area (Å²) in [7, 11) is 0. The van der Waals surface area contributed by atoms with E-state index < -0.39 is 0 Å². The molecule has 0 aliphatic heterocycles. The highest BCUT2D eigenvalue weighted by atomic mass is 79.9. The van der Waals surface area contributed by atoms with Gasteiger partial charge in [0, 0.05) is 16.7 Å². The zero-order valence-electron chi connectivity index (χ0n) is 10.7. The molecule has 1 aromatic carbocycles. The number of carbonyl (C=O) groups is 1. The van der Waals surface area contributed by atoms with Crippen LogP contribution in [0.5, 0.6) is 0 Å². The molecule has 4 N–H and O–H groups in total. The molecular weight excluding hydrogens is 308 g/mol. The van der Waals surface area contributed by atoms with Crippen molar-refractivity contribution in [3.8, 4) is 0 Å². The fourth-order valence-corrected chi connectivity index (χ4v) is 2.80. The number of anilines is 1. The van der Waals surface area contributed by atoms with E-state index in [9.17, 15) is 9.90 Å². The maximum absolute atomic E-state index is 12.0. The molecule has 0 spiro atoms. The molecule has 1 saturated carbocycles. The van der Waals surface area contributed by atoms with E-state index in [-0.39, 0.29) is 12.0 Å². The lowest BCUT2D eigenvalue weighted by Crippen LogP contribution is -2.32. The third-order valence-electron chi connectivity index (χ3n) is 3.63. The van der Waals surface area contributed by atoms with Gasteiger partial charge >= 0.3 is 0 Å². The summed E-state index contributed by atoms with van der Waals surface area (Å²) in [5.74, 6) is 0.333. The molecule has 0 aromatic heterocycles. The van der Waals surface area contributed by atoms with Crippen molar-refractivity contribution in [2.24, 2.45) is 5.92 Å². The molecule has 0 bridgehead atoms. The predicted octanol–water partition coefficient (Wildman–Crippen LogP) is 2.31. The van der Waals surface area contributed by atoms with Gasteiger partial charge in [0.1, 0.15) is 0 Å². The maximum Gasteiger partial charge on any atom is 0.253 e. The van der Waals surface area contributed by atoms with Gasteiger partial charge in [0.2, 0.25) is 0 Å². The van der Waals surface area contributed by atoms with Crippen molar-refractivity contribution in [3.05, 3.63) is 28.2 Å². The summed E-state index contributed by atoms with van der Waals surface area (Å²) in [6.45, 7) is 0.654. The lowest BCUT2D eigenvalue weighted by molar-refractivity contribution is 0.0911. The van der Waals surface area contributed by atoms with Crippen LogP contribution in [0, 0.1) is 5.92 Å².